The summed E-state index contributed by atoms with van der Waals surface area (Å²) in [4.78, 5) is 17.3. The van der Waals surface area contributed by atoms with Crippen LogP contribution in [0.15, 0.2) is 101 Å². The van der Waals surface area contributed by atoms with E-state index in [0.717, 1.165) is 33.4 Å². The zero-order valence-corrected chi connectivity index (χ0v) is 19.0. The predicted molar refractivity (Wildman–Crippen MR) is 132 cm³/mol. The first-order chi connectivity index (χ1) is 17.2. The summed E-state index contributed by atoms with van der Waals surface area (Å²) in [5, 5.41) is 13.5. The van der Waals surface area contributed by atoms with E-state index in [2.05, 4.69) is 20.3 Å². The highest BCUT2D eigenvalue weighted by Crippen LogP contribution is 2.34. The van der Waals surface area contributed by atoms with Crippen molar-refractivity contribution in [3.63, 3.8) is 0 Å². The lowest BCUT2D eigenvalue weighted by molar-refractivity contribution is 0.432. The fourth-order valence-corrected chi connectivity index (χ4v) is 4.15. The number of rotatable bonds is 5. The van der Waals surface area contributed by atoms with Crippen molar-refractivity contribution in [1.82, 2.24) is 29.5 Å². The van der Waals surface area contributed by atoms with Gasteiger partial charge in [-0.1, -0.05) is 53.2 Å². The summed E-state index contributed by atoms with van der Waals surface area (Å²) < 4.78 is 7.96. The summed E-state index contributed by atoms with van der Waals surface area (Å²) in [5.74, 6) is 0.683. The Morgan fingerprint density at radius 2 is 1.57 bits per heavy atom. The lowest BCUT2D eigenvalue weighted by Gasteiger charge is -2.10. The Labute approximate surface area is 204 Å². The molecule has 0 saturated heterocycles. The number of nitrogens with zero attached hydrogens (tertiary/aromatic N) is 6. The first kappa shape index (κ1) is 21.0. The van der Waals surface area contributed by atoms with Crippen molar-refractivity contribution in [2.75, 3.05) is 0 Å². The molecular weight excluding hydrogens is 464 g/mol. The highest BCUT2D eigenvalue weighted by atomic mass is 35.5. The maximum Gasteiger partial charge on any atom is 0.367 e. The van der Waals surface area contributed by atoms with Gasteiger partial charge in [-0.15, -0.1) is 5.10 Å². The number of benzene rings is 2. The molecule has 0 unspecified atom stereocenters. The number of pyridine rings is 1. The van der Waals surface area contributed by atoms with Gasteiger partial charge >= 0.3 is 5.69 Å². The molecule has 4 aromatic heterocycles. The van der Waals surface area contributed by atoms with Crippen molar-refractivity contribution >= 4 is 17.2 Å². The van der Waals surface area contributed by atoms with Gasteiger partial charge < -0.3 is 4.52 Å². The van der Waals surface area contributed by atoms with Crippen LogP contribution in [0.1, 0.15) is 5.56 Å². The first-order valence-electron chi connectivity index (χ1n) is 10.8. The summed E-state index contributed by atoms with van der Waals surface area (Å²) in [6, 6.07) is 20.8. The predicted octanol–water partition coefficient (Wildman–Crippen LogP) is 4.98. The number of halogens is 1. The second kappa shape index (κ2) is 8.66. The molecule has 0 aliphatic rings. The third-order valence-corrected chi connectivity index (χ3v) is 6.00. The molecule has 8 nitrogen and oxygen atoms in total. The molecule has 0 saturated carbocycles. The molecule has 2 aromatic carbocycles. The van der Waals surface area contributed by atoms with Gasteiger partial charge in [-0.05, 0) is 41.0 Å². The molecule has 6 aromatic rings. The summed E-state index contributed by atoms with van der Waals surface area (Å²) in [5.41, 5.74) is 5.40. The SMILES string of the molecule is O=c1n(Cc2ccc(-c3ccno3)cc2)nc2c(-c3ccncc3)c(-c3ccc(Cl)cc3)cnn12. The average molecular weight is 481 g/mol. The molecule has 4 heterocycles. The van der Waals surface area contributed by atoms with Gasteiger partial charge in [0.25, 0.3) is 0 Å². The van der Waals surface area contributed by atoms with Crippen molar-refractivity contribution in [3.05, 3.63) is 113 Å². The standard InChI is InChI=1S/C26H17ClN6O2/c27-21-7-5-18(6-8-21)22-15-29-33-25(24(22)20-9-12-28-13-10-20)31-32(26(33)34)16-17-1-3-19(4-2-17)23-11-14-30-35-23/h1-15H,16H2. The lowest BCUT2D eigenvalue weighted by atomic mass is 9.98. The van der Waals surface area contributed by atoms with Crippen LogP contribution in [0, 0.1) is 0 Å². The zero-order chi connectivity index (χ0) is 23.8. The van der Waals surface area contributed by atoms with Crippen LogP contribution in [0.2, 0.25) is 5.02 Å². The second-order valence-electron chi connectivity index (χ2n) is 7.93. The molecule has 0 aliphatic carbocycles. The minimum atomic E-state index is -0.322. The normalized spacial score (nSPS) is 11.2. The van der Waals surface area contributed by atoms with Crippen LogP contribution >= 0.6 is 11.6 Å². The van der Waals surface area contributed by atoms with Gasteiger partial charge in [-0.3, -0.25) is 4.98 Å². The van der Waals surface area contributed by atoms with Gasteiger partial charge in [0.15, 0.2) is 11.4 Å². The monoisotopic (exact) mass is 480 g/mol. The average Bonchev–Trinajstić information content (AvgIpc) is 3.54. The Bertz CT molecular complexity index is 1670. The Balaban J connectivity index is 1.46. The van der Waals surface area contributed by atoms with Gasteiger partial charge in [0.2, 0.25) is 0 Å². The topological polar surface area (TPSA) is 91.1 Å². The molecule has 0 aliphatic heterocycles. The van der Waals surface area contributed by atoms with E-state index in [-0.39, 0.29) is 5.69 Å². The van der Waals surface area contributed by atoms with E-state index in [1.165, 1.54) is 9.20 Å². The Kier molecular flexibility index (Phi) is 5.20. The van der Waals surface area contributed by atoms with E-state index in [1.807, 2.05) is 60.7 Å². The molecule has 0 fully saturated rings. The number of aromatic nitrogens is 6. The maximum absolute atomic E-state index is 13.2. The van der Waals surface area contributed by atoms with Crippen LogP contribution < -0.4 is 5.69 Å². The smallest absolute Gasteiger partial charge is 0.356 e. The van der Waals surface area contributed by atoms with Gasteiger partial charge in [0.05, 0.1) is 18.9 Å². The van der Waals surface area contributed by atoms with Gasteiger partial charge in [-0.2, -0.15) is 9.61 Å². The van der Waals surface area contributed by atoms with Crippen molar-refractivity contribution in [2.45, 2.75) is 6.54 Å². The van der Waals surface area contributed by atoms with E-state index in [4.69, 9.17) is 16.1 Å². The summed E-state index contributed by atoms with van der Waals surface area (Å²) in [7, 11) is 0. The van der Waals surface area contributed by atoms with Crippen LogP contribution in [0.25, 0.3) is 39.2 Å². The van der Waals surface area contributed by atoms with Gasteiger partial charge in [-0.25, -0.2) is 9.48 Å². The minimum Gasteiger partial charge on any atom is -0.356 e. The molecule has 170 valence electrons. The Morgan fingerprint density at radius 1 is 0.829 bits per heavy atom. The van der Waals surface area contributed by atoms with E-state index in [9.17, 15) is 4.79 Å². The fourth-order valence-electron chi connectivity index (χ4n) is 4.03. The molecular formula is C26H17ClN6O2. The molecule has 6 rings (SSSR count). The van der Waals surface area contributed by atoms with Crippen molar-refractivity contribution in [2.24, 2.45) is 0 Å². The van der Waals surface area contributed by atoms with Crippen molar-refractivity contribution in [3.8, 4) is 33.6 Å². The molecule has 9 heteroatoms. The zero-order valence-electron chi connectivity index (χ0n) is 18.2. The maximum atomic E-state index is 13.2. The minimum absolute atomic E-state index is 0.297. The van der Waals surface area contributed by atoms with E-state index >= 15 is 0 Å². The first-order valence-corrected chi connectivity index (χ1v) is 11.2. The lowest BCUT2D eigenvalue weighted by Crippen LogP contribution is -2.22. The molecule has 0 atom stereocenters. The van der Waals surface area contributed by atoms with Crippen molar-refractivity contribution < 1.29 is 4.52 Å². The molecule has 0 radical (unpaired) electrons. The Morgan fingerprint density at radius 3 is 2.29 bits per heavy atom. The quantitative estimate of drug-likeness (QED) is 0.345. The second-order valence-corrected chi connectivity index (χ2v) is 8.36. The van der Waals surface area contributed by atoms with E-state index in [1.54, 1.807) is 30.9 Å². The molecule has 35 heavy (non-hydrogen) atoms. The summed E-state index contributed by atoms with van der Waals surface area (Å²) in [6.45, 7) is 0.297. The van der Waals surface area contributed by atoms with Gasteiger partial charge in [0.1, 0.15) is 0 Å². The Hall–Kier alpha value is -4.56. The molecule has 0 spiro atoms. The number of fused-ring (bicyclic) bond motifs is 1. The number of hydrogen-bond donors (Lipinski definition) is 0. The largest absolute Gasteiger partial charge is 0.367 e. The van der Waals surface area contributed by atoms with Crippen LogP contribution in [0.4, 0.5) is 0 Å². The van der Waals surface area contributed by atoms with E-state index in [0.29, 0.717) is 23.0 Å². The third-order valence-electron chi connectivity index (χ3n) is 5.75. The van der Waals surface area contributed by atoms with Gasteiger partial charge in [0, 0.05) is 40.2 Å². The van der Waals surface area contributed by atoms with Crippen LogP contribution in [-0.2, 0) is 6.54 Å². The molecule has 0 N–H and O–H groups in total. The fraction of sp³-hybridized carbons (Fsp3) is 0.0385. The summed E-state index contributed by atoms with van der Waals surface area (Å²) in [6.07, 6.45) is 6.71. The summed E-state index contributed by atoms with van der Waals surface area (Å²) >= 11 is 6.10. The number of hydrogen-bond acceptors (Lipinski definition) is 6. The molecule has 0 amide bonds. The van der Waals surface area contributed by atoms with Crippen LogP contribution in [-0.4, -0.2) is 29.5 Å². The van der Waals surface area contributed by atoms with Crippen LogP contribution in [0.3, 0.4) is 0 Å². The van der Waals surface area contributed by atoms with E-state index < -0.39 is 0 Å². The van der Waals surface area contributed by atoms with Crippen molar-refractivity contribution in [1.29, 1.82) is 0 Å². The third kappa shape index (κ3) is 3.89. The van der Waals surface area contributed by atoms with Crippen LogP contribution in [0.5, 0.6) is 0 Å². The highest BCUT2D eigenvalue weighted by Gasteiger charge is 2.19. The highest BCUT2D eigenvalue weighted by molar-refractivity contribution is 6.30. The molecule has 0 bridgehead atoms.